The SMILES string of the molecule is CCC1c2nn(C)c(-c3cc(F)c(F)c(F)c3)c2CC(C)(CC)N1C(=O)c1cc(F)cc(-n2cnnc2)c1. The maximum absolute atomic E-state index is 14.6. The number of hydrogen-bond acceptors (Lipinski definition) is 4. The van der Waals surface area contributed by atoms with E-state index < -0.39 is 34.8 Å². The molecule has 38 heavy (non-hydrogen) atoms. The van der Waals surface area contributed by atoms with Gasteiger partial charge in [-0.25, -0.2) is 17.6 Å². The Bertz CT molecular complexity index is 1510. The van der Waals surface area contributed by atoms with Crippen LogP contribution in [0.4, 0.5) is 17.6 Å². The van der Waals surface area contributed by atoms with Gasteiger partial charge in [-0.2, -0.15) is 5.10 Å². The molecular weight excluding hydrogens is 500 g/mol. The molecule has 0 saturated heterocycles. The fourth-order valence-electron chi connectivity index (χ4n) is 5.43. The molecule has 0 radical (unpaired) electrons. The van der Waals surface area contributed by atoms with Gasteiger partial charge in [-0.05, 0) is 56.5 Å². The third-order valence-electron chi connectivity index (χ3n) is 7.41. The zero-order valence-electron chi connectivity index (χ0n) is 21.3. The average molecular weight is 527 g/mol. The maximum Gasteiger partial charge on any atom is 0.255 e. The van der Waals surface area contributed by atoms with E-state index in [0.29, 0.717) is 36.3 Å². The largest absolute Gasteiger partial charge is 0.324 e. The first-order chi connectivity index (χ1) is 18.1. The molecule has 2 atom stereocenters. The van der Waals surface area contributed by atoms with E-state index in [1.165, 1.54) is 34.0 Å². The van der Waals surface area contributed by atoms with Crippen LogP contribution in [0.25, 0.3) is 16.9 Å². The van der Waals surface area contributed by atoms with E-state index in [1.54, 1.807) is 18.0 Å². The number of carbonyl (C=O) groups is 1. The lowest BCUT2D eigenvalue weighted by molar-refractivity contribution is 0.0243. The molecule has 1 aliphatic heterocycles. The number of benzene rings is 2. The Morgan fingerprint density at radius 2 is 1.68 bits per heavy atom. The van der Waals surface area contributed by atoms with Crippen molar-refractivity contribution in [1.82, 2.24) is 29.4 Å². The van der Waals surface area contributed by atoms with E-state index in [2.05, 4.69) is 15.3 Å². The van der Waals surface area contributed by atoms with E-state index >= 15 is 0 Å². The smallest absolute Gasteiger partial charge is 0.255 e. The summed E-state index contributed by atoms with van der Waals surface area (Å²) in [5, 5.41) is 12.1. The van der Waals surface area contributed by atoms with Crippen molar-refractivity contribution in [3.8, 4) is 16.9 Å². The lowest BCUT2D eigenvalue weighted by atomic mass is 9.78. The molecule has 0 spiro atoms. The first-order valence-corrected chi connectivity index (χ1v) is 12.3. The van der Waals surface area contributed by atoms with Crippen molar-refractivity contribution in [3.63, 3.8) is 0 Å². The molecule has 198 valence electrons. The van der Waals surface area contributed by atoms with Crippen molar-refractivity contribution >= 4 is 5.91 Å². The van der Waals surface area contributed by atoms with Gasteiger partial charge in [0.1, 0.15) is 18.5 Å². The van der Waals surface area contributed by atoms with Gasteiger partial charge in [0.25, 0.3) is 5.91 Å². The fraction of sp³-hybridized carbons (Fsp3) is 0.333. The molecule has 3 heterocycles. The molecule has 1 aliphatic rings. The second-order valence-electron chi connectivity index (χ2n) is 9.78. The predicted molar refractivity (Wildman–Crippen MR) is 131 cm³/mol. The molecule has 7 nitrogen and oxygen atoms in total. The van der Waals surface area contributed by atoms with Gasteiger partial charge in [0.05, 0.1) is 23.1 Å². The van der Waals surface area contributed by atoms with Gasteiger partial charge in [-0.15, -0.1) is 10.2 Å². The summed E-state index contributed by atoms with van der Waals surface area (Å²) in [6.45, 7) is 5.79. The van der Waals surface area contributed by atoms with Crippen LogP contribution in [0.1, 0.15) is 61.3 Å². The molecule has 0 bridgehead atoms. The normalized spacial score (nSPS) is 19.1. The van der Waals surface area contributed by atoms with Gasteiger partial charge >= 0.3 is 0 Å². The molecule has 11 heteroatoms. The number of halogens is 4. The molecule has 0 N–H and O–H groups in total. The van der Waals surface area contributed by atoms with Crippen molar-refractivity contribution in [1.29, 1.82) is 0 Å². The van der Waals surface area contributed by atoms with E-state index in [9.17, 15) is 22.4 Å². The van der Waals surface area contributed by atoms with Crippen LogP contribution >= 0.6 is 0 Å². The topological polar surface area (TPSA) is 68.8 Å². The van der Waals surface area contributed by atoms with Gasteiger partial charge < -0.3 is 4.90 Å². The zero-order valence-corrected chi connectivity index (χ0v) is 21.3. The first kappa shape index (κ1) is 25.6. The summed E-state index contributed by atoms with van der Waals surface area (Å²) in [5.74, 6) is -5.06. The number of aryl methyl sites for hydroxylation is 1. The molecule has 2 unspecified atom stereocenters. The summed E-state index contributed by atoms with van der Waals surface area (Å²) >= 11 is 0. The molecule has 5 rings (SSSR count). The molecule has 2 aromatic carbocycles. The van der Waals surface area contributed by atoms with E-state index in [4.69, 9.17) is 0 Å². The van der Waals surface area contributed by atoms with Crippen LogP contribution in [-0.2, 0) is 13.5 Å². The first-order valence-electron chi connectivity index (χ1n) is 12.3. The summed E-state index contributed by atoms with van der Waals surface area (Å²) < 4.78 is 59.6. The number of rotatable bonds is 5. The van der Waals surface area contributed by atoms with Crippen LogP contribution < -0.4 is 0 Å². The second kappa shape index (κ2) is 9.38. The monoisotopic (exact) mass is 526 g/mol. The summed E-state index contributed by atoms with van der Waals surface area (Å²) in [7, 11) is 1.65. The Morgan fingerprint density at radius 1 is 1.03 bits per heavy atom. The third kappa shape index (κ3) is 4.06. The van der Waals surface area contributed by atoms with E-state index in [0.717, 1.165) is 17.7 Å². The maximum atomic E-state index is 14.6. The number of aromatic nitrogens is 5. The van der Waals surface area contributed by atoms with Gasteiger partial charge in [-0.1, -0.05) is 13.8 Å². The van der Waals surface area contributed by atoms with Crippen molar-refractivity contribution in [3.05, 3.63) is 83.1 Å². The molecule has 4 aromatic rings. The van der Waals surface area contributed by atoms with Gasteiger partial charge in [0.15, 0.2) is 17.5 Å². The number of hydrogen-bond donors (Lipinski definition) is 0. The van der Waals surface area contributed by atoms with Crippen LogP contribution in [0, 0.1) is 23.3 Å². The standard InChI is InChI=1S/C27H26F4N6O/c1-5-22-24-19(25(35(4)34-24)15-9-20(29)23(31)21(30)10-15)12-27(3,6-2)37(22)26(38)16-7-17(28)11-18(8-16)36-13-32-33-14-36/h7-11,13-14,22H,5-6,12H2,1-4H3. The minimum Gasteiger partial charge on any atom is -0.324 e. The van der Waals surface area contributed by atoms with Crippen molar-refractivity contribution < 1.29 is 22.4 Å². The Morgan fingerprint density at radius 3 is 2.29 bits per heavy atom. The number of fused-ring (bicyclic) bond motifs is 1. The lowest BCUT2D eigenvalue weighted by Crippen LogP contribution is -2.55. The third-order valence-corrected chi connectivity index (χ3v) is 7.41. The quantitative estimate of drug-likeness (QED) is 0.253. The summed E-state index contributed by atoms with van der Waals surface area (Å²) in [6, 6.07) is 5.49. The summed E-state index contributed by atoms with van der Waals surface area (Å²) in [6.07, 6.45) is 4.20. The van der Waals surface area contributed by atoms with Gasteiger partial charge in [0.2, 0.25) is 0 Å². The van der Waals surface area contributed by atoms with Crippen molar-refractivity contribution in [2.45, 2.75) is 51.6 Å². The fourth-order valence-corrected chi connectivity index (χ4v) is 5.43. The Balaban J connectivity index is 1.64. The highest BCUT2D eigenvalue weighted by Crippen LogP contribution is 2.46. The highest BCUT2D eigenvalue weighted by molar-refractivity contribution is 5.96. The number of carbonyl (C=O) groups excluding carboxylic acids is 1. The zero-order chi connectivity index (χ0) is 27.4. The van der Waals surface area contributed by atoms with Crippen LogP contribution in [0.3, 0.4) is 0 Å². The van der Waals surface area contributed by atoms with Crippen LogP contribution in [0.2, 0.25) is 0 Å². The molecule has 1 amide bonds. The molecule has 0 saturated carbocycles. The number of amides is 1. The predicted octanol–water partition coefficient (Wildman–Crippen LogP) is 5.54. The highest BCUT2D eigenvalue weighted by atomic mass is 19.2. The van der Waals surface area contributed by atoms with Gasteiger partial charge in [0, 0.05) is 29.3 Å². The van der Waals surface area contributed by atoms with Crippen LogP contribution in [-0.4, -0.2) is 40.9 Å². The van der Waals surface area contributed by atoms with E-state index in [-0.39, 0.29) is 17.0 Å². The van der Waals surface area contributed by atoms with E-state index in [1.807, 2.05) is 20.8 Å². The summed E-state index contributed by atoms with van der Waals surface area (Å²) in [4.78, 5) is 15.8. The van der Waals surface area contributed by atoms with Crippen LogP contribution in [0.5, 0.6) is 0 Å². The lowest BCUT2D eigenvalue weighted by Gasteiger charge is -2.49. The molecular formula is C27H26F4N6O. The van der Waals surface area contributed by atoms with Crippen molar-refractivity contribution in [2.75, 3.05) is 0 Å². The van der Waals surface area contributed by atoms with Crippen molar-refractivity contribution in [2.24, 2.45) is 7.05 Å². The molecule has 2 aromatic heterocycles. The number of nitrogens with zero attached hydrogens (tertiary/aromatic N) is 6. The average Bonchev–Trinajstić information content (AvgIpc) is 3.53. The van der Waals surface area contributed by atoms with Crippen LogP contribution in [0.15, 0.2) is 43.0 Å². The summed E-state index contributed by atoms with van der Waals surface area (Å²) in [5.41, 5.74) is 1.78. The highest BCUT2D eigenvalue weighted by Gasteiger charge is 2.46. The molecule has 0 aliphatic carbocycles. The molecule has 0 fully saturated rings. The Kier molecular flexibility index (Phi) is 6.32. The second-order valence-corrected chi connectivity index (χ2v) is 9.78. The van der Waals surface area contributed by atoms with Gasteiger partial charge in [-0.3, -0.25) is 14.0 Å². The Labute approximate surface area is 216 Å². The minimum absolute atomic E-state index is 0.161. The minimum atomic E-state index is -1.53. The Hall–Kier alpha value is -4.02.